The summed E-state index contributed by atoms with van der Waals surface area (Å²) >= 11 is 3.99. The van der Waals surface area contributed by atoms with Crippen molar-refractivity contribution in [1.82, 2.24) is 10.2 Å². The van der Waals surface area contributed by atoms with E-state index in [1.54, 1.807) is 18.2 Å². The molecule has 0 spiro atoms. The zero-order valence-corrected chi connectivity index (χ0v) is 16.9. The fourth-order valence-corrected chi connectivity index (χ4v) is 4.14. The Morgan fingerprint density at radius 2 is 1.72 bits per heavy atom. The number of hydrogen-bond acceptors (Lipinski definition) is 3. The van der Waals surface area contributed by atoms with Crippen molar-refractivity contribution in [2.24, 2.45) is 0 Å². The number of carbonyl (C=O) groups excluding carboxylic acids is 2. The Morgan fingerprint density at radius 1 is 1.12 bits per heavy atom. The third-order valence-electron chi connectivity index (χ3n) is 3.57. The van der Waals surface area contributed by atoms with Gasteiger partial charge in [-0.1, -0.05) is 12.1 Å². The number of halogens is 3. The summed E-state index contributed by atoms with van der Waals surface area (Å²) in [6.07, 6.45) is 1.56. The standard InChI is InChI=1S/C17H11FI2N2O3/c18-11-3-1-9(2-4-11)8-22-16(24)14(21-17(22)25)7-10-5-12(19)15(23)13(20)6-10/h1-7,23H,8H2,(H,21,25)/b14-7+. The SMILES string of the molecule is O=C1N/C(=C/c2cc(I)c(O)c(I)c2)C(=O)N1Cc1ccc(F)cc1. The van der Waals surface area contributed by atoms with E-state index in [1.165, 1.54) is 24.3 Å². The average molecular weight is 564 g/mol. The molecule has 3 rings (SSSR count). The topological polar surface area (TPSA) is 69.6 Å². The number of carbonyl (C=O) groups is 2. The third kappa shape index (κ3) is 3.94. The van der Waals surface area contributed by atoms with Crippen LogP contribution in [0.3, 0.4) is 0 Å². The molecule has 0 aromatic heterocycles. The zero-order valence-electron chi connectivity index (χ0n) is 12.6. The Balaban J connectivity index is 1.84. The molecule has 128 valence electrons. The lowest BCUT2D eigenvalue weighted by Crippen LogP contribution is -2.30. The first-order valence-corrected chi connectivity index (χ1v) is 9.28. The molecule has 1 aliphatic heterocycles. The second-order valence-corrected chi connectivity index (χ2v) is 7.66. The third-order valence-corrected chi connectivity index (χ3v) is 5.21. The van der Waals surface area contributed by atoms with Crippen LogP contribution in [0.2, 0.25) is 0 Å². The average Bonchev–Trinajstić information content (AvgIpc) is 2.82. The summed E-state index contributed by atoms with van der Waals surface area (Å²) in [7, 11) is 0. The lowest BCUT2D eigenvalue weighted by Gasteiger charge is -2.11. The quantitative estimate of drug-likeness (QED) is 0.339. The van der Waals surface area contributed by atoms with Gasteiger partial charge in [0.15, 0.2) is 0 Å². The van der Waals surface area contributed by atoms with Gasteiger partial charge in [0.05, 0.1) is 13.7 Å². The van der Waals surface area contributed by atoms with E-state index < -0.39 is 11.9 Å². The number of phenols is 1. The lowest BCUT2D eigenvalue weighted by atomic mass is 10.1. The molecular weight excluding hydrogens is 553 g/mol. The molecule has 2 N–H and O–H groups in total. The van der Waals surface area contributed by atoms with Crippen molar-refractivity contribution < 1.29 is 19.1 Å². The van der Waals surface area contributed by atoms with Gasteiger partial charge < -0.3 is 10.4 Å². The van der Waals surface area contributed by atoms with Crippen LogP contribution in [0.5, 0.6) is 5.75 Å². The first-order chi connectivity index (χ1) is 11.8. The molecule has 0 unspecified atom stereocenters. The number of nitrogens with zero attached hydrogens (tertiary/aromatic N) is 1. The van der Waals surface area contributed by atoms with E-state index in [9.17, 15) is 19.1 Å². The van der Waals surface area contributed by atoms with Crippen LogP contribution < -0.4 is 5.32 Å². The summed E-state index contributed by atoms with van der Waals surface area (Å²) in [5, 5.41) is 12.3. The molecule has 0 radical (unpaired) electrons. The predicted octanol–water partition coefficient (Wildman–Crippen LogP) is 3.83. The van der Waals surface area contributed by atoms with Gasteiger partial charge in [0, 0.05) is 0 Å². The number of phenolic OH excluding ortho intramolecular Hbond substituents is 1. The molecule has 2 aromatic rings. The van der Waals surface area contributed by atoms with Gasteiger partial charge in [0.1, 0.15) is 17.3 Å². The number of urea groups is 1. The number of imide groups is 1. The second-order valence-electron chi connectivity index (χ2n) is 5.34. The Bertz CT molecular complexity index is 874. The molecule has 1 saturated heterocycles. The highest BCUT2D eigenvalue weighted by Crippen LogP contribution is 2.28. The molecule has 3 amide bonds. The highest BCUT2D eigenvalue weighted by molar-refractivity contribution is 14.1. The maximum absolute atomic E-state index is 13.0. The van der Waals surface area contributed by atoms with Gasteiger partial charge in [0.25, 0.3) is 5.91 Å². The van der Waals surface area contributed by atoms with Crippen molar-refractivity contribution in [3.8, 4) is 5.75 Å². The van der Waals surface area contributed by atoms with Crippen molar-refractivity contribution in [2.75, 3.05) is 0 Å². The van der Waals surface area contributed by atoms with Crippen LogP contribution in [-0.2, 0) is 11.3 Å². The van der Waals surface area contributed by atoms with E-state index >= 15 is 0 Å². The van der Waals surface area contributed by atoms with Crippen molar-refractivity contribution in [3.63, 3.8) is 0 Å². The largest absolute Gasteiger partial charge is 0.506 e. The minimum Gasteiger partial charge on any atom is -0.506 e. The molecule has 0 bridgehead atoms. The molecule has 2 aromatic carbocycles. The van der Waals surface area contributed by atoms with Crippen LogP contribution >= 0.6 is 45.2 Å². The molecule has 1 fully saturated rings. The predicted molar refractivity (Wildman–Crippen MR) is 107 cm³/mol. The fraction of sp³-hybridized carbons (Fsp3) is 0.0588. The Morgan fingerprint density at radius 3 is 2.32 bits per heavy atom. The van der Waals surface area contributed by atoms with Gasteiger partial charge >= 0.3 is 6.03 Å². The summed E-state index contributed by atoms with van der Waals surface area (Å²) in [6.45, 7) is 0.0624. The van der Waals surface area contributed by atoms with Crippen LogP contribution in [0.4, 0.5) is 9.18 Å². The number of amides is 3. The normalized spacial score (nSPS) is 15.8. The van der Waals surface area contributed by atoms with Crippen molar-refractivity contribution in [2.45, 2.75) is 6.54 Å². The summed E-state index contributed by atoms with van der Waals surface area (Å²) in [6, 6.07) is 8.53. The number of hydrogen-bond donors (Lipinski definition) is 2. The van der Waals surface area contributed by atoms with E-state index in [0.29, 0.717) is 18.3 Å². The Hall–Kier alpha value is -1.69. The van der Waals surface area contributed by atoms with Crippen LogP contribution in [-0.4, -0.2) is 21.9 Å². The monoisotopic (exact) mass is 564 g/mol. The van der Waals surface area contributed by atoms with E-state index in [4.69, 9.17) is 0 Å². The van der Waals surface area contributed by atoms with Gasteiger partial charge in [0.2, 0.25) is 0 Å². The van der Waals surface area contributed by atoms with E-state index in [2.05, 4.69) is 5.32 Å². The lowest BCUT2D eigenvalue weighted by molar-refractivity contribution is -0.123. The van der Waals surface area contributed by atoms with Crippen molar-refractivity contribution >= 4 is 63.2 Å². The maximum atomic E-state index is 13.0. The van der Waals surface area contributed by atoms with Crippen LogP contribution in [0.1, 0.15) is 11.1 Å². The number of aromatic hydroxyl groups is 1. The van der Waals surface area contributed by atoms with Crippen LogP contribution in [0, 0.1) is 13.0 Å². The highest BCUT2D eigenvalue weighted by Gasteiger charge is 2.33. The first kappa shape index (κ1) is 18.1. The summed E-state index contributed by atoms with van der Waals surface area (Å²) in [5.41, 5.74) is 1.50. The smallest absolute Gasteiger partial charge is 0.329 e. The number of nitrogens with one attached hydrogen (secondary N) is 1. The summed E-state index contributed by atoms with van der Waals surface area (Å²) < 4.78 is 14.3. The molecule has 1 heterocycles. The van der Waals surface area contributed by atoms with Crippen LogP contribution in [0.25, 0.3) is 6.08 Å². The minimum atomic E-state index is -0.524. The molecule has 5 nitrogen and oxygen atoms in total. The second kappa shape index (κ2) is 7.28. The van der Waals surface area contributed by atoms with Crippen molar-refractivity contribution in [3.05, 3.63) is 66.2 Å². The summed E-state index contributed by atoms with van der Waals surface area (Å²) in [5.74, 6) is -0.645. The van der Waals surface area contributed by atoms with Gasteiger partial charge in [-0.25, -0.2) is 9.18 Å². The van der Waals surface area contributed by atoms with Gasteiger partial charge in [-0.15, -0.1) is 0 Å². The molecule has 25 heavy (non-hydrogen) atoms. The zero-order chi connectivity index (χ0) is 18.1. The van der Waals surface area contributed by atoms with Gasteiger partial charge in [-0.2, -0.15) is 0 Å². The highest BCUT2D eigenvalue weighted by atomic mass is 127. The molecule has 0 atom stereocenters. The van der Waals surface area contributed by atoms with Crippen molar-refractivity contribution in [1.29, 1.82) is 0 Å². The number of benzene rings is 2. The molecule has 8 heteroatoms. The van der Waals surface area contributed by atoms with Gasteiger partial charge in [-0.05, 0) is 86.7 Å². The van der Waals surface area contributed by atoms with E-state index in [1.807, 2.05) is 45.2 Å². The van der Waals surface area contributed by atoms with Crippen LogP contribution in [0.15, 0.2) is 42.1 Å². The Kier molecular flexibility index (Phi) is 5.27. The fourth-order valence-electron chi connectivity index (χ4n) is 2.32. The molecule has 0 aliphatic carbocycles. The van der Waals surface area contributed by atoms with E-state index in [0.717, 1.165) is 4.90 Å². The minimum absolute atomic E-state index is 0.0624. The maximum Gasteiger partial charge on any atom is 0.329 e. The summed E-state index contributed by atoms with van der Waals surface area (Å²) in [4.78, 5) is 25.6. The number of rotatable bonds is 3. The molecule has 0 saturated carbocycles. The van der Waals surface area contributed by atoms with E-state index in [-0.39, 0.29) is 23.8 Å². The molecular formula is C17H11FI2N2O3. The molecule has 1 aliphatic rings. The van der Waals surface area contributed by atoms with Gasteiger partial charge in [-0.3, -0.25) is 9.69 Å². The first-order valence-electron chi connectivity index (χ1n) is 7.12. The Labute approximate surface area is 170 Å².